The first kappa shape index (κ1) is 31.4. The Morgan fingerprint density at radius 2 is 1.46 bits per heavy atom. The van der Waals surface area contributed by atoms with E-state index in [1.54, 1.807) is 36.4 Å². The third kappa shape index (κ3) is 11.0. The number of ether oxygens (including phenoxy) is 1. The van der Waals surface area contributed by atoms with Crippen LogP contribution in [0.3, 0.4) is 0 Å². The fourth-order valence-electron chi connectivity index (χ4n) is 1.96. The zero-order valence-corrected chi connectivity index (χ0v) is 13.5. The molecule has 130 valence electrons. The van der Waals surface area contributed by atoms with Gasteiger partial charge in [0.05, 0.1) is 0 Å². The summed E-state index contributed by atoms with van der Waals surface area (Å²) in [6.45, 7) is 0. The van der Waals surface area contributed by atoms with E-state index in [4.69, 9.17) is 19.1 Å². The van der Waals surface area contributed by atoms with Gasteiger partial charge in [0.2, 0.25) is 0 Å². The standard InChI is InChI=1S/C14H15O7PS.3K.3H/c15-22(16,17)14(23(18,19)20)10-11-5-4-8-13(9-11)21-12-6-2-1-3-7-12;;;;;;/h1-9,14H,10H2,(H2,15,16,17)(H,18,19,20);;;;;;. The van der Waals surface area contributed by atoms with Crippen LogP contribution >= 0.6 is 7.60 Å². The van der Waals surface area contributed by atoms with Crippen LogP contribution in [0.1, 0.15) is 5.56 Å². The first-order chi connectivity index (χ1) is 10.7. The first-order valence-electron chi connectivity index (χ1n) is 6.49. The molecule has 0 aromatic heterocycles. The van der Waals surface area contributed by atoms with E-state index in [-0.39, 0.29) is 154 Å². The van der Waals surface area contributed by atoms with Crippen molar-refractivity contribution in [2.24, 2.45) is 0 Å². The Morgan fingerprint density at radius 3 is 1.96 bits per heavy atom. The van der Waals surface area contributed by atoms with Crippen LogP contribution < -0.4 is 4.74 Å². The molecule has 1 atom stereocenters. The molecule has 26 heavy (non-hydrogen) atoms. The molecule has 0 radical (unpaired) electrons. The SMILES string of the molecule is O=P(O)(O)C(Cc1cccc(Oc2ccccc2)c1)S(=O)(=O)O.[KH].[KH].[KH]. The zero-order chi connectivity index (χ0) is 17.1. The van der Waals surface area contributed by atoms with E-state index >= 15 is 0 Å². The third-order valence-electron chi connectivity index (χ3n) is 3.01. The molecule has 0 spiro atoms. The Morgan fingerprint density at radius 1 is 0.923 bits per heavy atom. The van der Waals surface area contributed by atoms with Crippen LogP contribution in [0.15, 0.2) is 54.6 Å². The van der Waals surface area contributed by atoms with Crippen molar-refractivity contribution in [2.75, 3.05) is 0 Å². The van der Waals surface area contributed by atoms with Gasteiger partial charge in [-0.2, -0.15) is 8.42 Å². The first-order valence-corrected chi connectivity index (χ1v) is 9.68. The molecule has 0 aliphatic rings. The van der Waals surface area contributed by atoms with Crippen LogP contribution in [0.5, 0.6) is 11.5 Å². The maximum atomic E-state index is 11.3. The van der Waals surface area contributed by atoms with Gasteiger partial charge in [-0.15, -0.1) is 0 Å². The molecule has 0 saturated carbocycles. The van der Waals surface area contributed by atoms with Crippen molar-refractivity contribution in [3.63, 3.8) is 0 Å². The van der Waals surface area contributed by atoms with Gasteiger partial charge in [-0.3, -0.25) is 9.12 Å². The van der Waals surface area contributed by atoms with Crippen LogP contribution in [-0.2, 0) is 21.1 Å². The van der Waals surface area contributed by atoms with Crippen LogP contribution in [0.2, 0.25) is 0 Å². The third-order valence-corrected chi connectivity index (χ3v) is 6.42. The van der Waals surface area contributed by atoms with Gasteiger partial charge in [0, 0.05) is 6.42 Å². The molecule has 0 amide bonds. The average Bonchev–Trinajstić information content (AvgIpc) is 2.44. The van der Waals surface area contributed by atoms with Gasteiger partial charge in [0.25, 0.3) is 10.1 Å². The summed E-state index contributed by atoms with van der Waals surface area (Å²) in [7, 11) is -9.92. The van der Waals surface area contributed by atoms with Gasteiger partial charge in [-0.25, -0.2) is 0 Å². The number of para-hydroxylation sites is 1. The second kappa shape index (κ2) is 14.3. The molecule has 7 nitrogen and oxygen atoms in total. The average molecular weight is 479 g/mol. The monoisotopic (exact) mass is 478 g/mol. The van der Waals surface area contributed by atoms with Gasteiger partial charge < -0.3 is 14.5 Å². The topological polar surface area (TPSA) is 121 Å². The summed E-state index contributed by atoms with van der Waals surface area (Å²) in [5.41, 5.74) is 0.310. The summed E-state index contributed by atoms with van der Waals surface area (Å²) in [6.07, 6.45) is -0.533. The Kier molecular flexibility index (Phi) is 17.3. The van der Waals surface area contributed by atoms with Crippen molar-refractivity contribution >= 4 is 172 Å². The second-order valence-corrected chi connectivity index (χ2v) is 8.58. The Bertz CT molecular complexity index is 827. The fraction of sp³-hybridized carbons (Fsp3) is 0.143. The van der Waals surface area contributed by atoms with Gasteiger partial charge >= 0.3 is 162 Å². The number of rotatable bonds is 6. The van der Waals surface area contributed by atoms with Crippen molar-refractivity contribution in [2.45, 2.75) is 11.4 Å². The molecule has 2 aromatic rings. The minimum absolute atomic E-state index is 0. The minimum atomic E-state index is -5.02. The maximum absolute atomic E-state index is 11.3. The molecule has 0 heterocycles. The van der Waals surface area contributed by atoms with Gasteiger partial charge in [0.15, 0.2) is 4.99 Å². The van der Waals surface area contributed by atoms with Crippen molar-refractivity contribution in [3.05, 3.63) is 60.2 Å². The Labute approximate surface area is 280 Å². The van der Waals surface area contributed by atoms with E-state index < -0.39 is 29.1 Å². The Hall–Kier alpha value is 3.21. The van der Waals surface area contributed by atoms with Crippen molar-refractivity contribution in [1.29, 1.82) is 0 Å². The summed E-state index contributed by atoms with van der Waals surface area (Å²) >= 11 is 0. The molecular weight excluding hydrogens is 460 g/mol. The van der Waals surface area contributed by atoms with E-state index in [2.05, 4.69) is 0 Å². The molecule has 2 rings (SSSR count). The van der Waals surface area contributed by atoms with E-state index in [0.717, 1.165) is 0 Å². The molecule has 3 N–H and O–H groups in total. The summed E-state index contributed by atoms with van der Waals surface area (Å²) in [4.78, 5) is 16.0. The summed E-state index contributed by atoms with van der Waals surface area (Å²) in [6, 6.07) is 15.0. The van der Waals surface area contributed by atoms with E-state index in [1.807, 2.05) is 6.07 Å². The molecule has 0 fully saturated rings. The Balaban J connectivity index is 0. The van der Waals surface area contributed by atoms with Gasteiger partial charge in [-0.05, 0) is 29.8 Å². The van der Waals surface area contributed by atoms with Crippen molar-refractivity contribution in [3.8, 4) is 11.5 Å². The van der Waals surface area contributed by atoms with E-state index in [1.165, 1.54) is 12.1 Å². The molecule has 2 aromatic carbocycles. The van der Waals surface area contributed by atoms with Crippen LogP contribution in [-0.4, -0.2) is 182 Å². The molecule has 0 saturated heterocycles. The second-order valence-electron chi connectivity index (χ2n) is 4.83. The molecule has 0 aliphatic carbocycles. The normalized spacial score (nSPS) is 12.0. The van der Waals surface area contributed by atoms with E-state index in [0.29, 0.717) is 17.1 Å². The van der Waals surface area contributed by atoms with E-state index in [9.17, 15) is 13.0 Å². The molecule has 1 unspecified atom stereocenters. The van der Waals surface area contributed by atoms with Crippen LogP contribution in [0.25, 0.3) is 0 Å². The summed E-state index contributed by atoms with van der Waals surface area (Å²) < 4.78 is 48.3. The molecular formula is C14H18K3O7PS. The number of hydrogen-bond donors (Lipinski definition) is 3. The number of hydrogen-bond acceptors (Lipinski definition) is 4. The zero-order valence-electron chi connectivity index (χ0n) is 11.8. The number of benzene rings is 2. The quantitative estimate of drug-likeness (QED) is 0.313. The molecule has 0 bridgehead atoms. The summed E-state index contributed by atoms with van der Waals surface area (Å²) in [5, 5.41) is 0. The molecule has 12 heteroatoms. The van der Waals surface area contributed by atoms with Crippen LogP contribution in [0, 0.1) is 0 Å². The van der Waals surface area contributed by atoms with Crippen LogP contribution in [0.4, 0.5) is 0 Å². The summed E-state index contributed by atoms with van der Waals surface area (Å²) in [5.74, 6) is 0.944. The fourth-order valence-corrected chi connectivity index (χ4v) is 4.20. The van der Waals surface area contributed by atoms with Crippen molar-refractivity contribution < 1.29 is 32.1 Å². The van der Waals surface area contributed by atoms with Crippen molar-refractivity contribution in [1.82, 2.24) is 0 Å². The predicted molar refractivity (Wildman–Crippen MR) is 105 cm³/mol. The predicted octanol–water partition coefficient (Wildman–Crippen LogP) is 0.467. The van der Waals surface area contributed by atoms with Gasteiger partial charge in [0.1, 0.15) is 11.5 Å². The molecule has 0 aliphatic heterocycles. The van der Waals surface area contributed by atoms with Gasteiger partial charge in [-0.1, -0.05) is 30.3 Å².